The van der Waals surface area contributed by atoms with E-state index >= 15 is 0 Å². The van der Waals surface area contributed by atoms with Crippen molar-refractivity contribution in [2.75, 3.05) is 0 Å². The quantitative estimate of drug-likeness (QED) is 0.771. The lowest BCUT2D eigenvalue weighted by molar-refractivity contribution is -0.121. The van der Waals surface area contributed by atoms with E-state index in [0.717, 1.165) is 11.8 Å². The van der Waals surface area contributed by atoms with Gasteiger partial charge in [-0.15, -0.1) is 5.10 Å². The summed E-state index contributed by atoms with van der Waals surface area (Å²) in [6.45, 7) is 7.14. The standard InChI is InChI=1S/C17H20FN5OS/c1-10(2)17(4,9-19)21-15(24)11(3)25-16-20-14(22-23-16)12-7-5-6-8-13(12)18/h5-8,10-11H,1-4H3,(H,21,24)(H,20,22,23). The van der Waals surface area contributed by atoms with Gasteiger partial charge in [0.2, 0.25) is 11.1 Å². The van der Waals surface area contributed by atoms with E-state index in [1.54, 1.807) is 32.0 Å². The fourth-order valence-electron chi connectivity index (χ4n) is 1.94. The number of aromatic amines is 1. The van der Waals surface area contributed by atoms with Gasteiger partial charge < -0.3 is 5.32 Å². The van der Waals surface area contributed by atoms with Gasteiger partial charge in [-0.3, -0.25) is 9.89 Å². The number of nitriles is 1. The van der Waals surface area contributed by atoms with E-state index < -0.39 is 16.6 Å². The zero-order chi connectivity index (χ0) is 18.6. The summed E-state index contributed by atoms with van der Waals surface area (Å²) < 4.78 is 13.8. The highest BCUT2D eigenvalue weighted by Gasteiger charge is 2.32. The normalized spacial score (nSPS) is 14.6. The number of nitrogens with zero attached hydrogens (tertiary/aromatic N) is 3. The van der Waals surface area contributed by atoms with Gasteiger partial charge in [-0.2, -0.15) is 5.26 Å². The molecule has 0 saturated heterocycles. The highest BCUT2D eigenvalue weighted by atomic mass is 32.2. The molecular weight excluding hydrogens is 341 g/mol. The number of benzene rings is 1. The summed E-state index contributed by atoms with van der Waals surface area (Å²) in [5, 5.41) is 18.6. The minimum Gasteiger partial charge on any atom is -0.337 e. The average Bonchev–Trinajstić information content (AvgIpc) is 3.03. The molecule has 132 valence electrons. The third-order valence-corrected chi connectivity index (χ3v) is 4.98. The molecule has 2 atom stereocenters. The van der Waals surface area contributed by atoms with Crippen LogP contribution in [0.3, 0.4) is 0 Å². The van der Waals surface area contributed by atoms with Gasteiger partial charge in [0.15, 0.2) is 5.82 Å². The summed E-state index contributed by atoms with van der Waals surface area (Å²) in [6, 6.07) is 8.38. The Morgan fingerprint density at radius 2 is 2.08 bits per heavy atom. The van der Waals surface area contributed by atoms with Gasteiger partial charge in [0.05, 0.1) is 16.9 Å². The first-order chi connectivity index (χ1) is 11.8. The van der Waals surface area contributed by atoms with Gasteiger partial charge in [-0.05, 0) is 31.9 Å². The summed E-state index contributed by atoms with van der Waals surface area (Å²) >= 11 is 1.14. The SMILES string of the molecule is CC(Sc1n[nH]c(-c2ccccc2F)n1)C(=O)NC(C)(C#N)C(C)C. The van der Waals surface area contributed by atoms with Crippen LogP contribution < -0.4 is 5.32 Å². The summed E-state index contributed by atoms with van der Waals surface area (Å²) in [6.07, 6.45) is 0. The molecule has 1 heterocycles. The van der Waals surface area contributed by atoms with E-state index in [1.807, 2.05) is 13.8 Å². The van der Waals surface area contributed by atoms with Crippen molar-refractivity contribution in [2.45, 2.75) is 43.6 Å². The smallest absolute Gasteiger partial charge is 0.234 e. The number of amides is 1. The summed E-state index contributed by atoms with van der Waals surface area (Å²) in [5.74, 6) is -0.408. The Labute approximate surface area is 150 Å². The molecule has 0 fully saturated rings. The molecule has 2 unspecified atom stereocenters. The lowest BCUT2D eigenvalue weighted by Gasteiger charge is -2.28. The second-order valence-electron chi connectivity index (χ2n) is 6.16. The molecule has 1 aromatic carbocycles. The van der Waals surface area contributed by atoms with E-state index in [4.69, 9.17) is 0 Å². The zero-order valence-electron chi connectivity index (χ0n) is 14.5. The fourth-order valence-corrected chi connectivity index (χ4v) is 2.67. The minimum atomic E-state index is -0.941. The maximum atomic E-state index is 13.8. The molecule has 25 heavy (non-hydrogen) atoms. The number of hydrogen-bond acceptors (Lipinski definition) is 5. The van der Waals surface area contributed by atoms with Crippen molar-refractivity contribution in [3.63, 3.8) is 0 Å². The summed E-state index contributed by atoms with van der Waals surface area (Å²) in [4.78, 5) is 16.6. The van der Waals surface area contributed by atoms with Crippen LogP contribution in [-0.4, -0.2) is 31.9 Å². The number of halogens is 1. The molecule has 0 radical (unpaired) electrons. The van der Waals surface area contributed by atoms with E-state index in [-0.39, 0.29) is 11.8 Å². The van der Waals surface area contributed by atoms with E-state index in [1.165, 1.54) is 6.07 Å². The molecule has 2 N–H and O–H groups in total. The molecule has 0 spiro atoms. The van der Waals surface area contributed by atoms with Crippen LogP contribution in [0.25, 0.3) is 11.4 Å². The van der Waals surface area contributed by atoms with Crippen LogP contribution in [0, 0.1) is 23.1 Å². The van der Waals surface area contributed by atoms with Gasteiger partial charge >= 0.3 is 0 Å². The average molecular weight is 361 g/mol. The second kappa shape index (κ2) is 7.66. The third kappa shape index (κ3) is 4.37. The number of hydrogen-bond donors (Lipinski definition) is 2. The Bertz CT molecular complexity index is 800. The van der Waals surface area contributed by atoms with E-state index in [9.17, 15) is 14.4 Å². The van der Waals surface area contributed by atoms with Crippen molar-refractivity contribution < 1.29 is 9.18 Å². The first kappa shape index (κ1) is 18.9. The predicted octanol–water partition coefficient (Wildman–Crippen LogP) is 3.15. The zero-order valence-corrected chi connectivity index (χ0v) is 15.3. The number of thioether (sulfide) groups is 1. The Morgan fingerprint density at radius 1 is 1.40 bits per heavy atom. The number of rotatable bonds is 6. The monoisotopic (exact) mass is 361 g/mol. The third-order valence-electron chi connectivity index (χ3n) is 4.02. The van der Waals surface area contributed by atoms with E-state index in [2.05, 4.69) is 26.6 Å². The molecule has 0 aliphatic rings. The highest BCUT2D eigenvalue weighted by Crippen LogP contribution is 2.25. The highest BCUT2D eigenvalue weighted by molar-refractivity contribution is 8.00. The molecular formula is C17H20FN5OS. The molecule has 2 aromatic rings. The Hall–Kier alpha value is -2.40. The lowest BCUT2D eigenvalue weighted by Crippen LogP contribution is -2.51. The minimum absolute atomic E-state index is 0.0326. The van der Waals surface area contributed by atoms with Crippen LogP contribution in [0.2, 0.25) is 0 Å². The van der Waals surface area contributed by atoms with Gasteiger partial charge in [0.1, 0.15) is 11.4 Å². The van der Waals surface area contributed by atoms with Gasteiger partial charge in [-0.1, -0.05) is 37.7 Å². The second-order valence-corrected chi connectivity index (χ2v) is 7.47. The first-order valence-corrected chi connectivity index (χ1v) is 8.72. The molecule has 0 aliphatic heterocycles. The van der Waals surface area contributed by atoms with Gasteiger partial charge in [0.25, 0.3) is 0 Å². The first-order valence-electron chi connectivity index (χ1n) is 7.84. The van der Waals surface area contributed by atoms with E-state index in [0.29, 0.717) is 16.5 Å². The van der Waals surface area contributed by atoms with Crippen LogP contribution in [0.5, 0.6) is 0 Å². The van der Waals surface area contributed by atoms with Crippen molar-refractivity contribution in [3.05, 3.63) is 30.1 Å². The molecule has 6 nitrogen and oxygen atoms in total. The molecule has 1 aromatic heterocycles. The van der Waals surface area contributed by atoms with Crippen LogP contribution in [0.15, 0.2) is 29.4 Å². The molecule has 0 bridgehead atoms. The van der Waals surface area contributed by atoms with Crippen LogP contribution in [-0.2, 0) is 4.79 Å². The van der Waals surface area contributed by atoms with Crippen molar-refractivity contribution >= 4 is 17.7 Å². The topological polar surface area (TPSA) is 94.5 Å². The largest absolute Gasteiger partial charge is 0.337 e. The van der Waals surface area contributed by atoms with Crippen LogP contribution >= 0.6 is 11.8 Å². The lowest BCUT2D eigenvalue weighted by atomic mass is 9.90. The maximum absolute atomic E-state index is 13.8. The number of aromatic nitrogens is 3. The fraction of sp³-hybridized carbons (Fsp3) is 0.412. The predicted molar refractivity (Wildman–Crippen MR) is 94.1 cm³/mol. The molecule has 2 rings (SSSR count). The van der Waals surface area contributed by atoms with Crippen molar-refractivity contribution in [3.8, 4) is 17.5 Å². The van der Waals surface area contributed by atoms with Gasteiger partial charge in [0, 0.05) is 0 Å². The number of carbonyl (C=O) groups excluding carboxylic acids is 1. The molecule has 0 aliphatic carbocycles. The summed E-state index contributed by atoms with van der Waals surface area (Å²) in [5.41, 5.74) is -0.626. The molecule has 0 saturated carbocycles. The van der Waals surface area contributed by atoms with Crippen LogP contribution in [0.1, 0.15) is 27.7 Å². The van der Waals surface area contributed by atoms with Crippen molar-refractivity contribution in [1.29, 1.82) is 5.26 Å². The molecule has 1 amide bonds. The Balaban J connectivity index is 2.07. The summed E-state index contributed by atoms with van der Waals surface area (Å²) in [7, 11) is 0. The number of carbonyl (C=O) groups is 1. The Morgan fingerprint density at radius 3 is 2.68 bits per heavy atom. The number of nitrogens with one attached hydrogen (secondary N) is 2. The Kier molecular flexibility index (Phi) is 5.80. The van der Waals surface area contributed by atoms with Crippen molar-refractivity contribution in [2.24, 2.45) is 5.92 Å². The van der Waals surface area contributed by atoms with Crippen molar-refractivity contribution in [1.82, 2.24) is 20.5 Å². The number of H-pyrrole nitrogens is 1. The maximum Gasteiger partial charge on any atom is 0.234 e. The molecule has 8 heteroatoms. The van der Waals surface area contributed by atoms with Gasteiger partial charge in [-0.25, -0.2) is 9.37 Å². The van der Waals surface area contributed by atoms with Crippen LogP contribution in [0.4, 0.5) is 4.39 Å².